The van der Waals surface area contributed by atoms with Crippen molar-refractivity contribution in [1.82, 2.24) is 9.97 Å². The smallest absolute Gasteiger partial charge is 0.127 e. The topological polar surface area (TPSA) is 28.7 Å². The summed E-state index contributed by atoms with van der Waals surface area (Å²) in [4.78, 5) is 7.01. The van der Waals surface area contributed by atoms with E-state index in [1.54, 1.807) is 18.1 Å². The average molecular weight is 240 g/mol. The minimum absolute atomic E-state index is 1.07. The van der Waals surface area contributed by atoms with Gasteiger partial charge in [0.05, 0.1) is 6.33 Å². The molecule has 0 fully saturated rings. The van der Waals surface area contributed by atoms with Crippen LogP contribution in [-0.2, 0) is 0 Å². The van der Waals surface area contributed by atoms with Crippen LogP contribution < -0.4 is 0 Å². The van der Waals surface area contributed by atoms with Crippen molar-refractivity contribution in [2.24, 2.45) is 0 Å². The first kappa shape index (κ1) is 6.41. The molecule has 0 aliphatic rings. The third-order valence-electron chi connectivity index (χ3n) is 0.754. The van der Waals surface area contributed by atoms with Gasteiger partial charge in [-0.25, -0.2) is 4.98 Å². The Labute approximate surface area is 65.6 Å². The lowest BCUT2D eigenvalue weighted by Crippen LogP contribution is -1.70. The predicted molar refractivity (Wildman–Crippen MR) is 43.1 cm³/mol. The first-order chi connectivity index (χ1) is 3.84. The molecule has 0 amide bonds. The molecule has 1 aromatic rings. The van der Waals surface area contributed by atoms with Crippen LogP contribution in [0.4, 0.5) is 0 Å². The molecular weight excluding hydrogens is 235 g/mol. The molecule has 0 aliphatic heterocycles. The lowest BCUT2D eigenvalue weighted by Gasteiger charge is -1.84. The number of nitrogens with zero attached hydrogens (tertiary/aromatic N) is 1. The van der Waals surface area contributed by atoms with Crippen LogP contribution in [-0.4, -0.2) is 16.2 Å². The van der Waals surface area contributed by atoms with Crippen LogP contribution in [0.15, 0.2) is 11.4 Å². The van der Waals surface area contributed by atoms with Crippen LogP contribution in [0.2, 0.25) is 0 Å². The second-order valence-electron chi connectivity index (χ2n) is 1.23. The van der Waals surface area contributed by atoms with Gasteiger partial charge in [-0.1, -0.05) is 0 Å². The Morgan fingerprint density at radius 2 is 2.62 bits per heavy atom. The number of aromatic nitrogens is 2. The van der Waals surface area contributed by atoms with E-state index in [1.165, 1.54) is 0 Å². The highest BCUT2D eigenvalue weighted by molar-refractivity contribution is 14.1. The zero-order valence-electron chi connectivity index (χ0n) is 4.31. The summed E-state index contributed by atoms with van der Waals surface area (Å²) in [5.74, 6) is 0. The quantitative estimate of drug-likeness (QED) is 0.598. The number of hydrogen-bond donors (Lipinski definition) is 1. The third kappa shape index (κ3) is 1.17. The zero-order chi connectivity index (χ0) is 5.98. The van der Waals surface area contributed by atoms with E-state index in [1.807, 2.05) is 6.26 Å². The molecule has 1 N–H and O–H groups in total. The van der Waals surface area contributed by atoms with Gasteiger partial charge in [-0.05, 0) is 28.8 Å². The summed E-state index contributed by atoms with van der Waals surface area (Å²) in [6.07, 6.45) is 3.71. The molecule has 0 saturated carbocycles. The van der Waals surface area contributed by atoms with Gasteiger partial charge in [0.25, 0.3) is 0 Å². The second-order valence-corrected chi connectivity index (χ2v) is 3.10. The van der Waals surface area contributed by atoms with Crippen molar-refractivity contribution in [2.75, 3.05) is 6.26 Å². The summed E-state index contributed by atoms with van der Waals surface area (Å²) in [5.41, 5.74) is 0. The largest absolute Gasteiger partial charge is 0.339 e. The summed E-state index contributed by atoms with van der Waals surface area (Å²) in [5, 5.41) is 1.07. The molecule has 0 spiro atoms. The van der Waals surface area contributed by atoms with Crippen LogP contribution in [0.5, 0.6) is 0 Å². The third-order valence-corrected chi connectivity index (χ3v) is 2.64. The van der Waals surface area contributed by atoms with Gasteiger partial charge in [-0.3, -0.25) is 0 Å². The van der Waals surface area contributed by atoms with Crippen LogP contribution in [0.1, 0.15) is 0 Å². The van der Waals surface area contributed by atoms with Crippen LogP contribution in [0.3, 0.4) is 0 Å². The van der Waals surface area contributed by atoms with E-state index in [0.717, 1.165) is 8.73 Å². The predicted octanol–water partition coefficient (Wildman–Crippen LogP) is 1.74. The molecule has 1 aromatic heterocycles. The summed E-state index contributed by atoms with van der Waals surface area (Å²) in [7, 11) is 0. The van der Waals surface area contributed by atoms with Crippen molar-refractivity contribution < 1.29 is 0 Å². The Kier molecular flexibility index (Phi) is 2.18. The van der Waals surface area contributed by atoms with E-state index >= 15 is 0 Å². The molecule has 0 bridgehead atoms. The van der Waals surface area contributed by atoms with Crippen molar-refractivity contribution in [1.29, 1.82) is 0 Å². The molecule has 0 unspecified atom stereocenters. The number of rotatable bonds is 1. The SMILES string of the molecule is CSc1nc[nH]c1I. The highest BCUT2D eigenvalue weighted by Gasteiger charge is 1.96. The summed E-state index contributed by atoms with van der Waals surface area (Å²) >= 11 is 3.87. The molecule has 2 nitrogen and oxygen atoms in total. The number of aromatic amines is 1. The van der Waals surface area contributed by atoms with E-state index < -0.39 is 0 Å². The minimum Gasteiger partial charge on any atom is -0.339 e. The molecule has 1 heterocycles. The lowest BCUT2D eigenvalue weighted by molar-refractivity contribution is 1.19. The normalized spacial score (nSPS) is 9.75. The fourth-order valence-electron chi connectivity index (χ4n) is 0.408. The number of H-pyrrole nitrogens is 1. The van der Waals surface area contributed by atoms with E-state index in [-0.39, 0.29) is 0 Å². The molecule has 4 heteroatoms. The van der Waals surface area contributed by atoms with Crippen LogP contribution >= 0.6 is 34.4 Å². The number of nitrogens with one attached hydrogen (secondary N) is 1. The molecule has 1 rings (SSSR count). The fourth-order valence-corrected chi connectivity index (χ4v) is 1.74. The van der Waals surface area contributed by atoms with Crippen LogP contribution in [0, 0.1) is 3.70 Å². The fraction of sp³-hybridized carbons (Fsp3) is 0.250. The highest BCUT2D eigenvalue weighted by Crippen LogP contribution is 2.16. The number of hydrogen-bond acceptors (Lipinski definition) is 2. The number of halogens is 1. The maximum atomic E-state index is 4.03. The minimum atomic E-state index is 1.07. The van der Waals surface area contributed by atoms with E-state index in [9.17, 15) is 0 Å². The number of imidazole rings is 1. The van der Waals surface area contributed by atoms with Gasteiger partial charge in [-0.15, -0.1) is 11.8 Å². The van der Waals surface area contributed by atoms with Crippen molar-refractivity contribution in [3.05, 3.63) is 10.0 Å². The average Bonchev–Trinajstić information content (AvgIpc) is 2.14. The van der Waals surface area contributed by atoms with Gasteiger partial charge in [0.2, 0.25) is 0 Å². The Morgan fingerprint density at radius 3 is 2.88 bits per heavy atom. The molecule has 0 radical (unpaired) electrons. The monoisotopic (exact) mass is 240 g/mol. The van der Waals surface area contributed by atoms with Gasteiger partial charge in [0.1, 0.15) is 8.73 Å². The van der Waals surface area contributed by atoms with Gasteiger partial charge in [0, 0.05) is 0 Å². The summed E-state index contributed by atoms with van der Waals surface area (Å²) in [6.45, 7) is 0. The van der Waals surface area contributed by atoms with Crippen molar-refractivity contribution >= 4 is 34.4 Å². The second kappa shape index (κ2) is 2.72. The summed E-state index contributed by atoms with van der Waals surface area (Å²) < 4.78 is 1.12. The Hall–Kier alpha value is 0.290. The first-order valence-corrected chi connectivity index (χ1v) is 4.38. The van der Waals surface area contributed by atoms with Crippen LogP contribution in [0.25, 0.3) is 0 Å². The van der Waals surface area contributed by atoms with E-state index in [4.69, 9.17) is 0 Å². The molecule has 44 valence electrons. The molecular formula is C4H5IN2S. The molecule has 0 aliphatic carbocycles. The van der Waals surface area contributed by atoms with Crippen molar-refractivity contribution in [3.63, 3.8) is 0 Å². The zero-order valence-corrected chi connectivity index (χ0v) is 7.28. The molecule has 8 heavy (non-hydrogen) atoms. The number of thioether (sulfide) groups is 1. The molecule has 0 atom stereocenters. The first-order valence-electron chi connectivity index (χ1n) is 2.07. The van der Waals surface area contributed by atoms with Crippen molar-refractivity contribution in [2.45, 2.75) is 5.03 Å². The Balaban J connectivity index is 2.92. The molecule has 0 saturated heterocycles. The van der Waals surface area contributed by atoms with Crippen molar-refractivity contribution in [3.8, 4) is 0 Å². The van der Waals surface area contributed by atoms with Gasteiger partial charge in [0.15, 0.2) is 0 Å². The molecule has 0 aromatic carbocycles. The Morgan fingerprint density at radius 1 is 1.88 bits per heavy atom. The summed E-state index contributed by atoms with van der Waals surface area (Å²) in [6, 6.07) is 0. The van der Waals surface area contributed by atoms with E-state index in [0.29, 0.717) is 0 Å². The Bertz CT molecular complexity index is 174. The maximum absolute atomic E-state index is 4.03. The van der Waals surface area contributed by atoms with Gasteiger partial charge < -0.3 is 4.98 Å². The van der Waals surface area contributed by atoms with E-state index in [2.05, 4.69) is 32.6 Å². The standard InChI is InChI=1S/C4H5IN2S/c1-8-4-3(5)6-2-7-4/h2H,1H3,(H,6,7). The lowest BCUT2D eigenvalue weighted by atomic mass is 10.9. The van der Waals surface area contributed by atoms with Gasteiger partial charge >= 0.3 is 0 Å². The maximum Gasteiger partial charge on any atom is 0.127 e. The highest BCUT2D eigenvalue weighted by atomic mass is 127. The van der Waals surface area contributed by atoms with Gasteiger partial charge in [-0.2, -0.15) is 0 Å².